The van der Waals surface area contributed by atoms with Crippen LogP contribution < -0.4 is 5.32 Å². The first kappa shape index (κ1) is 12.2. The van der Waals surface area contributed by atoms with E-state index in [9.17, 15) is 0 Å². The molecular formula is C9H10Cl2N2. The van der Waals surface area contributed by atoms with Gasteiger partial charge in [0.15, 0.2) is 0 Å². The Morgan fingerprint density at radius 3 is 2.69 bits per heavy atom. The number of benzene rings is 1. The van der Waals surface area contributed by atoms with Gasteiger partial charge in [0, 0.05) is 5.02 Å². The Kier molecular flexibility index (Phi) is 5.48. The molecule has 1 unspecified atom stereocenters. The van der Waals surface area contributed by atoms with Crippen molar-refractivity contribution in [1.82, 2.24) is 5.32 Å². The number of nitrogens with zero attached hydrogens (tertiary/aromatic N) is 1. The molecule has 0 heterocycles. The first-order valence-electron chi connectivity index (χ1n) is 3.60. The molecule has 0 aliphatic heterocycles. The number of rotatable bonds is 2. The fraction of sp³-hybridized carbons (Fsp3) is 0.222. The van der Waals surface area contributed by atoms with Gasteiger partial charge in [-0.1, -0.05) is 23.7 Å². The van der Waals surface area contributed by atoms with Gasteiger partial charge < -0.3 is 5.32 Å². The van der Waals surface area contributed by atoms with Crippen LogP contribution in [0.25, 0.3) is 0 Å². The standard InChI is InChI=1S/C9H9ClN2.ClH/c1-12-9(6-11)7-3-2-4-8(10)5-7;/h2-5,9,12H,1H3;1H. The maximum Gasteiger partial charge on any atom is 0.121 e. The van der Waals surface area contributed by atoms with Crippen molar-refractivity contribution >= 4 is 24.0 Å². The van der Waals surface area contributed by atoms with E-state index < -0.39 is 0 Å². The van der Waals surface area contributed by atoms with Crippen molar-refractivity contribution in [2.24, 2.45) is 0 Å². The Morgan fingerprint density at radius 1 is 1.54 bits per heavy atom. The topological polar surface area (TPSA) is 35.8 Å². The van der Waals surface area contributed by atoms with Gasteiger partial charge in [0.2, 0.25) is 0 Å². The molecular weight excluding hydrogens is 207 g/mol. The fourth-order valence-electron chi connectivity index (χ4n) is 0.992. The third kappa shape index (κ3) is 3.23. The summed E-state index contributed by atoms with van der Waals surface area (Å²) in [5.41, 5.74) is 0.896. The largest absolute Gasteiger partial charge is 0.301 e. The molecule has 0 saturated heterocycles. The van der Waals surface area contributed by atoms with E-state index in [1.54, 1.807) is 19.2 Å². The number of halogens is 2. The SMILES string of the molecule is CNC(C#N)c1cccc(Cl)c1.Cl. The predicted molar refractivity (Wildman–Crippen MR) is 56.1 cm³/mol. The Hall–Kier alpha value is -0.750. The van der Waals surface area contributed by atoms with Crippen LogP contribution in [0.5, 0.6) is 0 Å². The number of nitrogens with one attached hydrogen (secondary N) is 1. The highest BCUT2D eigenvalue weighted by Crippen LogP contribution is 2.16. The molecule has 0 aromatic heterocycles. The van der Waals surface area contributed by atoms with Crippen molar-refractivity contribution in [3.8, 4) is 6.07 Å². The van der Waals surface area contributed by atoms with Gasteiger partial charge in [-0.3, -0.25) is 0 Å². The van der Waals surface area contributed by atoms with E-state index >= 15 is 0 Å². The average molecular weight is 217 g/mol. The molecule has 1 aromatic carbocycles. The monoisotopic (exact) mass is 216 g/mol. The van der Waals surface area contributed by atoms with Gasteiger partial charge in [-0.25, -0.2) is 0 Å². The zero-order valence-electron chi connectivity index (χ0n) is 7.12. The first-order chi connectivity index (χ1) is 5.77. The maximum absolute atomic E-state index is 8.71. The van der Waals surface area contributed by atoms with E-state index in [1.807, 2.05) is 12.1 Å². The maximum atomic E-state index is 8.71. The smallest absolute Gasteiger partial charge is 0.121 e. The van der Waals surface area contributed by atoms with Crippen molar-refractivity contribution < 1.29 is 0 Å². The minimum Gasteiger partial charge on any atom is -0.301 e. The number of hydrogen-bond donors (Lipinski definition) is 1. The molecule has 0 bridgehead atoms. The molecule has 0 aliphatic carbocycles. The molecule has 0 aliphatic rings. The zero-order chi connectivity index (χ0) is 8.97. The van der Waals surface area contributed by atoms with Crippen LogP contribution in [0.1, 0.15) is 11.6 Å². The molecule has 0 amide bonds. The van der Waals surface area contributed by atoms with Crippen molar-refractivity contribution in [3.05, 3.63) is 34.9 Å². The van der Waals surface area contributed by atoms with Gasteiger partial charge >= 0.3 is 0 Å². The molecule has 1 N–H and O–H groups in total. The molecule has 0 radical (unpaired) electrons. The van der Waals surface area contributed by atoms with Crippen LogP contribution in [0.15, 0.2) is 24.3 Å². The lowest BCUT2D eigenvalue weighted by atomic mass is 10.1. The lowest BCUT2D eigenvalue weighted by Gasteiger charge is -2.07. The van der Waals surface area contributed by atoms with E-state index in [0.717, 1.165) is 5.56 Å². The molecule has 70 valence electrons. The zero-order valence-corrected chi connectivity index (χ0v) is 8.69. The Bertz CT molecular complexity index is 307. The van der Waals surface area contributed by atoms with E-state index in [1.165, 1.54) is 0 Å². The third-order valence-electron chi connectivity index (χ3n) is 1.60. The molecule has 1 aromatic rings. The van der Waals surface area contributed by atoms with Gasteiger partial charge in [0.25, 0.3) is 0 Å². The summed E-state index contributed by atoms with van der Waals surface area (Å²) in [6, 6.07) is 9.13. The van der Waals surface area contributed by atoms with Crippen LogP contribution in [0, 0.1) is 11.3 Å². The minimum atomic E-state index is -0.274. The van der Waals surface area contributed by atoms with Gasteiger partial charge in [0.05, 0.1) is 6.07 Å². The van der Waals surface area contributed by atoms with E-state index in [4.69, 9.17) is 16.9 Å². The van der Waals surface area contributed by atoms with Crippen LogP contribution >= 0.6 is 24.0 Å². The predicted octanol–water partition coefficient (Wildman–Crippen LogP) is 2.55. The molecule has 1 rings (SSSR count). The molecule has 13 heavy (non-hydrogen) atoms. The van der Waals surface area contributed by atoms with Gasteiger partial charge in [-0.2, -0.15) is 5.26 Å². The van der Waals surface area contributed by atoms with Gasteiger partial charge in [0.1, 0.15) is 6.04 Å². The summed E-state index contributed by atoms with van der Waals surface area (Å²) in [5, 5.41) is 12.2. The summed E-state index contributed by atoms with van der Waals surface area (Å²) < 4.78 is 0. The first-order valence-corrected chi connectivity index (χ1v) is 3.98. The van der Waals surface area contributed by atoms with Crippen molar-refractivity contribution in [3.63, 3.8) is 0 Å². The minimum absolute atomic E-state index is 0. The molecule has 1 atom stereocenters. The number of nitriles is 1. The Morgan fingerprint density at radius 2 is 2.23 bits per heavy atom. The quantitative estimate of drug-likeness (QED) is 0.826. The second-order valence-electron chi connectivity index (χ2n) is 2.41. The molecule has 4 heteroatoms. The third-order valence-corrected chi connectivity index (χ3v) is 1.83. The Labute approximate surface area is 88.9 Å². The second kappa shape index (κ2) is 5.82. The van der Waals surface area contributed by atoms with Crippen LogP contribution in [0.4, 0.5) is 0 Å². The van der Waals surface area contributed by atoms with Crippen molar-refractivity contribution in [1.29, 1.82) is 5.26 Å². The molecule has 0 fully saturated rings. The normalized spacial score (nSPS) is 11.2. The summed E-state index contributed by atoms with van der Waals surface area (Å²) in [5.74, 6) is 0. The van der Waals surface area contributed by atoms with E-state index in [-0.39, 0.29) is 18.4 Å². The van der Waals surface area contributed by atoms with Gasteiger partial charge in [-0.05, 0) is 24.7 Å². The second-order valence-corrected chi connectivity index (χ2v) is 2.84. The lowest BCUT2D eigenvalue weighted by molar-refractivity contribution is 0.727. The van der Waals surface area contributed by atoms with E-state index in [2.05, 4.69) is 11.4 Å². The number of hydrogen-bond acceptors (Lipinski definition) is 2. The van der Waals surface area contributed by atoms with Crippen LogP contribution in [-0.2, 0) is 0 Å². The van der Waals surface area contributed by atoms with Crippen molar-refractivity contribution in [2.45, 2.75) is 6.04 Å². The highest BCUT2D eigenvalue weighted by molar-refractivity contribution is 6.30. The van der Waals surface area contributed by atoms with Crippen LogP contribution in [0.2, 0.25) is 5.02 Å². The lowest BCUT2D eigenvalue weighted by Crippen LogP contribution is -2.13. The van der Waals surface area contributed by atoms with Crippen molar-refractivity contribution in [2.75, 3.05) is 7.05 Å². The average Bonchev–Trinajstić information content (AvgIpc) is 2.07. The Balaban J connectivity index is 0.00000144. The highest BCUT2D eigenvalue weighted by Gasteiger charge is 2.06. The summed E-state index contributed by atoms with van der Waals surface area (Å²) in [6.07, 6.45) is 0. The van der Waals surface area contributed by atoms with E-state index in [0.29, 0.717) is 5.02 Å². The summed E-state index contributed by atoms with van der Waals surface area (Å²) in [7, 11) is 1.74. The molecule has 0 saturated carbocycles. The fourth-order valence-corrected chi connectivity index (χ4v) is 1.19. The van der Waals surface area contributed by atoms with Crippen LogP contribution in [0.3, 0.4) is 0 Å². The van der Waals surface area contributed by atoms with Gasteiger partial charge in [-0.15, -0.1) is 12.4 Å². The molecule has 2 nitrogen and oxygen atoms in total. The van der Waals surface area contributed by atoms with Crippen LogP contribution in [-0.4, -0.2) is 7.05 Å². The summed E-state index contributed by atoms with van der Waals surface area (Å²) in [4.78, 5) is 0. The summed E-state index contributed by atoms with van der Waals surface area (Å²) in [6.45, 7) is 0. The summed E-state index contributed by atoms with van der Waals surface area (Å²) >= 11 is 5.77. The molecule has 0 spiro atoms. The highest BCUT2D eigenvalue weighted by atomic mass is 35.5.